The molecule has 0 radical (unpaired) electrons. The van der Waals surface area contributed by atoms with Crippen LogP contribution in [0.15, 0.2) is 53.0 Å². The highest BCUT2D eigenvalue weighted by atomic mass is 79.9. The third-order valence-corrected chi connectivity index (χ3v) is 4.75. The number of carbonyl (C=O) groups is 1. The minimum Gasteiger partial charge on any atom is -0.354 e. The van der Waals surface area contributed by atoms with Crippen LogP contribution in [0.3, 0.4) is 0 Å². The van der Waals surface area contributed by atoms with E-state index in [1.54, 1.807) is 0 Å². The molecule has 0 aromatic heterocycles. The van der Waals surface area contributed by atoms with Crippen LogP contribution < -0.4 is 5.32 Å². The number of hydrogen-bond donors (Lipinski definition) is 1. The summed E-state index contributed by atoms with van der Waals surface area (Å²) in [6.07, 6.45) is 1.20. The zero-order chi connectivity index (χ0) is 17.5. The number of nitrogens with zero attached hydrogens (tertiary/aromatic N) is 1. The molecule has 5 heteroatoms. The molecule has 0 saturated carbocycles. The van der Waals surface area contributed by atoms with Crippen molar-refractivity contribution >= 4 is 33.4 Å². The van der Waals surface area contributed by atoms with Crippen molar-refractivity contribution in [3.63, 3.8) is 0 Å². The standard InChI is InChI=1S/C19H22BrClN2O/c1-23(2)18(16-8-3-4-9-17(16)21)13-22-19(24)11-10-14-6-5-7-15(20)12-14/h3-9,12,18H,10-11,13H2,1-2H3,(H,22,24). The Morgan fingerprint density at radius 1 is 1.21 bits per heavy atom. The van der Waals surface area contributed by atoms with E-state index in [4.69, 9.17) is 11.6 Å². The van der Waals surface area contributed by atoms with Crippen molar-refractivity contribution in [3.05, 3.63) is 69.2 Å². The molecule has 24 heavy (non-hydrogen) atoms. The number of halogens is 2. The van der Waals surface area contributed by atoms with Crippen molar-refractivity contribution in [3.8, 4) is 0 Å². The van der Waals surface area contributed by atoms with E-state index in [0.29, 0.717) is 13.0 Å². The van der Waals surface area contributed by atoms with Gasteiger partial charge in [-0.3, -0.25) is 4.79 Å². The van der Waals surface area contributed by atoms with Gasteiger partial charge in [-0.15, -0.1) is 0 Å². The smallest absolute Gasteiger partial charge is 0.220 e. The Morgan fingerprint density at radius 3 is 2.62 bits per heavy atom. The first-order valence-electron chi connectivity index (χ1n) is 7.89. The van der Waals surface area contributed by atoms with E-state index in [-0.39, 0.29) is 11.9 Å². The van der Waals surface area contributed by atoms with E-state index in [1.165, 1.54) is 0 Å². The first kappa shape index (κ1) is 19.0. The highest BCUT2D eigenvalue weighted by Crippen LogP contribution is 2.25. The second-order valence-corrected chi connectivity index (χ2v) is 7.26. The Hall–Kier alpha value is -1.36. The average molecular weight is 410 g/mol. The summed E-state index contributed by atoms with van der Waals surface area (Å²) in [4.78, 5) is 14.2. The summed E-state index contributed by atoms with van der Waals surface area (Å²) in [6.45, 7) is 0.536. The van der Waals surface area contributed by atoms with Gasteiger partial charge in [0.1, 0.15) is 0 Å². The zero-order valence-electron chi connectivity index (χ0n) is 13.9. The summed E-state index contributed by atoms with van der Waals surface area (Å²) in [5.74, 6) is 0.0499. The van der Waals surface area contributed by atoms with E-state index >= 15 is 0 Å². The number of hydrogen-bond acceptors (Lipinski definition) is 2. The van der Waals surface area contributed by atoms with E-state index in [2.05, 4.69) is 26.1 Å². The summed E-state index contributed by atoms with van der Waals surface area (Å²) in [6, 6.07) is 15.8. The highest BCUT2D eigenvalue weighted by molar-refractivity contribution is 9.10. The van der Waals surface area contributed by atoms with E-state index in [9.17, 15) is 4.79 Å². The number of likely N-dealkylation sites (N-methyl/N-ethyl adjacent to an activating group) is 1. The van der Waals surface area contributed by atoms with Crippen LogP contribution in [0.5, 0.6) is 0 Å². The molecule has 0 aliphatic rings. The lowest BCUT2D eigenvalue weighted by Crippen LogP contribution is -2.34. The fourth-order valence-corrected chi connectivity index (χ4v) is 3.27. The summed E-state index contributed by atoms with van der Waals surface area (Å²) in [5, 5.41) is 3.75. The SMILES string of the molecule is CN(C)C(CNC(=O)CCc1cccc(Br)c1)c1ccccc1Cl. The Balaban J connectivity index is 1.90. The molecule has 0 aliphatic carbocycles. The highest BCUT2D eigenvalue weighted by Gasteiger charge is 2.17. The van der Waals surface area contributed by atoms with Crippen LogP contribution in [-0.2, 0) is 11.2 Å². The van der Waals surface area contributed by atoms with Gasteiger partial charge >= 0.3 is 0 Å². The van der Waals surface area contributed by atoms with E-state index in [1.807, 2.05) is 62.6 Å². The van der Waals surface area contributed by atoms with Gasteiger partial charge in [-0.05, 0) is 49.8 Å². The lowest BCUT2D eigenvalue weighted by molar-refractivity contribution is -0.121. The van der Waals surface area contributed by atoms with Gasteiger partial charge in [0, 0.05) is 22.5 Å². The Labute approximate surface area is 157 Å². The molecule has 0 heterocycles. The fraction of sp³-hybridized carbons (Fsp3) is 0.316. The van der Waals surface area contributed by atoms with Gasteiger partial charge in [-0.1, -0.05) is 57.9 Å². The summed E-state index contributed by atoms with van der Waals surface area (Å²) < 4.78 is 1.03. The molecular weight excluding hydrogens is 388 g/mol. The molecular formula is C19H22BrClN2O. The maximum atomic E-state index is 12.2. The summed E-state index contributed by atoms with van der Waals surface area (Å²) in [7, 11) is 3.98. The molecule has 1 N–H and O–H groups in total. The topological polar surface area (TPSA) is 32.3 Å². The van der Waals surface area contributed by atoms with Crippen LogP contribution in [0.4, 0.5) is 0 Å². The third kappa shape index (κ3) is 5.62. The van der Waals surface area contributed by atoms with Gasteiger partial charge < -0.3 is 10.2 Å². The molecule has 1 unspecified atom stereocenters. The molecule has 0 spiro atoms. The Morgan fingerprint density at radius 2 is 1.96 bits per heavy atom. The monoisotopic (exact) mass is 408 g/mol. The van der Waals surface area contributed by atoms with Gasteiger partial charge in [-0.2, -0.15) is 0 Å². The molecule has 3 nitrogen and oxygen atoms in total. The van der Waals surface area contributed by atoms with Crippen molar-refractivity contribution in [2.24, 2.45) is 0 Å². The molecule has 0 aliphatic heterocycles. The van der Waals surface area contributed by atoms with Crippen LogP contribution in [0.1, 0.15) is 23.6 Å². The molecule has 0 bridgehead atoms. The maximum Gasteiger partial charge on any atom is 0.220 e. The fourth-order valence-electron chi connectivity index (χ4n) is 2.57. The van der Waals surface area contributed by atoms with Crippen molar-refractivity contribution in [2.45, 2.75) is 18.9 Å². The predicted octanol–water partition coefficient (Wildman–Crippen LogP) is 4.45. The van der Waals surface area contributed by atoms with E-state index < -0.39 is 0 Å². The first-order chi connectivity index (χ1) is 11.5. The number of benzene rings is 2. The van der Waals surface area contributed by atoms with E-state index in [0.717, 1.165) is 27.0 Å². The molecule has 1 amide bonds. The molecule has 128 valence electrons. The lowest BCUT2D eigenvalue weighted by Gasteiger charge is -2.26. The van der Waals surface area contributed by atoms with Crippen LogP contribution >= 0.6 is 27.5 Å². The van der Waals surface area contributed by atoms with Gasteiger partial charge in [-0.25, -0.2) is 0 Å². The summed E-state index contributed by atoms with van der Waals surface area (Å²) in [5.41, 5.74) is 2.17. The molecule has 0 fully saturated rings. The van der Waals surface area contributed by atoms with Crippen molar-refractivity contribution < 1.29 is 4.79 Å². The van der Waals surface area contributed by atoms with Gasteiger partial charge in [0.2, 0.25) is 5.91 Å². The second kappa shape index (κ2) is 9.21. The Kier molecular flexibility index (Phi) is 7.28. The first-order valence-corrected chi connectivity index (χ1v) is 9.06. The van der Waals surface area contributed by atoms with Crippen LogP contribution in [0, 0.1) is 0 Å². The third-order valence-electron chi connectivity index (χ3n) is 3.91. The number of rotatable bonds is 7. The second-order valence-electron chi connectivity index (χ2n) is 5.93. The largest absolute Gasteiger partial charge is 0.354 e. The predicted molar refractivity (Wildman–Crippen MR) is 103 cm³/mol. The normalized spacial score (nSPS) is 12.2. The maximum absolute atomic E-state index is 12.2. The van der Waals surface area contributed by atoms with Gasteiger partial charge in [0.25, 0.3) is 0 Å². The molecule has 1 atom stereocenters. The lowest BCUT2D eigenvalue weighted by atomic mass is 10.1. The van der Waals surface area contributed by atoms with Crippen molar-refractivity contribution in [1.29, 1.82) is 0 Å². The zero-order valence-corrected chi connectivity index (χ0v) is 16.3. The number of carbonyl (C=O) groups excluding carboxylic acids is 1. The number of nitrogens with one attached hydrogen (secondary N) is 1. The van der Waals surface area contributed by atoms with Gasteiger partial charge in [0.15, 0.2) is 0 Å². The molecule has 2 aromatic carbocycles. The molecule has 2 rings (SSSR count). The number of amides is 1. The van der Waals surface area contributed by atoms with Gasteiger partial charge in [0.05, 0.1) is 6.04 Å². The van der Waals surface area contributed by atoms with Crippen LogP contribution in [0.25, 0.3) is 0 Å². The summed E-state index contributed by atoms with van der Waals surface area (Å²) >= 11 is 9.74. The average Bonchev–Trinajstić information content (AvgIpc) is 2.54. The van der Waals surface area contributed by atoms with Crippen LogP contribution in [0.2, 0.25) is 5.02 Å². The Bertz CT molecular complexity index is 691. The quantitative estimate of drug-likeness (QED) is 0.732. The number of aryl methyl sites for hydroxylation is 1. The van der Waals surface area contributed by atoms with Crippen LogP contribution in [-0.4, -0.2) is 31.4 Å². The minimum atomic E-state index is 0.0496. The molecule has 2 aromatic rings. The van der Waals surface area contributed by atoms with Crippen molar-refractivity contribution in [2.75, 3.05) is 20.6 Å². The molecule has 0 saturated heterocycles. The minimum absolute atomic E-state index is 0.0496. The van der Waals surface area contributed by atoms with Crippen molar-refractivity contribution in [1.82, 2.24) is 10.2 Å².